The van der Waals surface area contributed by atoms with Gasteiger partial charge < -0.3 is 10.6 Å². The first-order valence-electron chi connectivity index (χ1n) is 7.79. The summed E-state index contributed by atoms with van der Waals surface area (Å²) in [6, 6.07) is 13.0. The van der Waals surface area contributed by atoms with Crippen LogP contribution >= 0.6 is 11.6 Å². The lowest BCUT2D eigenvalue weighted by molar-refractivity contribution is -0.701. The number of fused-ring (bicyclic) bond motifs is 1. The van der Waals surface area contributed by atoms with E-state index in [1.807, 2.05) is 35.7 Å². The van der Waals surface area contributed by atoms with Crippen molar-refractivity contribution in [1.82, 2.24) is 14.6 Å². The van der Waals surface area contributed by atoms with Crippen molar-refractivity contribution in [2.75, 3.05) is 5.32 Å². The number of amides is 1. The predicted octanol–water partition coefficient (Wildman–Crippen LogP) is 1.86. The van der Waals surface area contributed by atoms with Gasteiger partial charge in [-0.15, -0.1) is 10.2 Å². The molecule has 7 heteroatoms. The maximum atomic E-state index is 12.1. The molecule has 0 bridgehead atoms. The van der Waals surface area contributed by atoms with Crippen molar-refractivity contribution >= 4 is 28.8 Å². The smallest absolute Gasteiger partial charge is 0.230 e. The first kappa shape index (κ1) is 16.4. The molecule has 1 amide bonds. The molecule has 0 saturated heterocycles. The highest BCUT2D eigenvalue weighted by Gasteiger charge is 2.14. The molecule has 6 nitrogen and oxygen atoms in total. The lowest BCUT2D eigenvalue weighted by Crippen LogP contribution is -2.88. The lowest BCUT2D eigenvalue weighted by atomic mass is 10.2. The molecule has 0 aliphatic rings. The number of carbonyl (C=O) groups is 1. The number of aromatic nitrogens is 3. The van der Waals surface area contributed by atoms with Gasteiger partial charge in [0.1, 0.15) is 6.54 Å². The second-order valence-electron chi connectivity index (χ2n) is 5.72. The van der Waals surface area contributed by atoms with Gasteiger partial charge in [0.2, 0.25) is 5.91 Å². The van der Waals surface area contributed by atoms with E-state index in [2.05, 4.69) is 20.8 Å². The summed E-state index contributed by atoms with van der Waals surface area (Å²) in [6.07, 6.45) is 2.36. The first-order valence-corrected chi connectivity index (χ1v) is 8.17. The summed E-state index contributed by atoms with van der Waals surface area (Å²) in [5.41, 5.74) is 1.58. The SMILES string of the molecule is C[C@@H](CC(=O)Nc1ccc(Cl)cc1)[NH2+]Cc1nnc2ccccn12. The Bertz CT molecular complexity index is 830. The molecule has 0 aliphatic heterocycles. The van der Waals surface area contributed by atoms with E-state index in [1.54, 1.807) is 24.3 Å². The molecule has 24 heavy (non-hydrogen) atoms. The molecule has 0 spiro atoms. The number of hydrogen-bond donors (Lipinski definition) is 2. The topological polar surface area (TPSA) is 75.9 Å². The van der Waals surface area contributed by atoms with Crippen LogP contribution in [-0.2, 0) is 11.3 Å². The monoisotopic (exact) mass is 344 g/mol. The third-order valence-electron chi connectivity index (χ3n) is 3.72. The molecule has 1 atom stereocenters. The van der Waals surface area contributed by atoms with Gasteiger partial charge in [0.15, 0.2) is 11.5 Å². The van der Waals surface area contributed by atoms with Gasteiger partial charge in [-0.3, -0.25) is 9.20 Å². The van der Waals surface area contributed by atoms with Crippen molar-refractivity contribution in [2.45, 2.75) is 25.9 Å². The Balaban J connectivity index is 1.51. The molecule has 1 aromatic carbocycles. The van der Waals surface area contributed by atoms with Crippen LogP contribution in [0.2, 0.25) is 5.02 Å². The van der Waals surface area contributed by atoms with E-state index in [-0.39, 0.29) is 11.9 Å². The van der Waals surface area contributed by atoms with E-state index in [0.717, 1.165) is 17.2 Å². The van der Waals surface area contributed by atoms with Gasteiger partial charge >= 0.3 is 0 Å². The van der Waals surface area contributed by atoms with Gasteiger partial charge in [0, 0.05) is 16.9 Å². The van der Waals surface area contributed by atoms with E-state index in [4.69, 9.17) is 11.6 Å². The Morgan fingerprint density at radius 3 is 2.83 bits per heavy atom. The van der Waals surface area contributed by atoms with Crippen molar-refractivity contribution in [3.05, 3.63) is 59.5 Å². The first-order chi connectivity index (χ1) is 11.6. The van der Waals surface area contributed by atoms with Crippen molar-refractivity contribution in [2.24, 2.45) is 0 Å². The number of benzene rings is 1. The van der Waals surface area contributed by atoms with Crippen LogP contribution < -0.4 is 10.6 Å². The molecule has 3 rings (SSSR count). The van der Waals surface area contributed by atoms with Gasteiger partial charge in [-0.05, 0) is 43.3 Å². The highest BCUT2D eigenvalue weighted by Crippen LogP contribution is 2.13. The number of nitrogens with zero attached hydrogens (tertiary/aromatic N) is 3. The van der Waals surface area contributed by atoms with Crippen molar-refractivity contribution < 1.29 is 10.1 Å². The number of hydrogen-bond acceptors (Lipinski definition) is 3. The number of pyridine rings is 1. The Morgan fingerprint density at radius 1 is 1.25 bits per heavy atom. The zero-order valence-electron chi connectivity index (χ0n) is 13.3. The van der Waals surface area contributed by atoms with Gasteiger partial charge in [-0.25, -0.2) is 0 Å². The predicted molar refractivity (Wildman–Crippen MR) is 92.8 cm³/mol. The van der Waals surface area contributed by atoms with Crippen LogP contribution in [0.25, 0.3) is 5.65 Å². The zero-order chi connectivity index (χ0) is 16.9. The van der Waals surface area contributed by atoms with Crippen LogP contribution in [0.5, 0.6) is 0 Å². The van der Waals surface area contributed by atoms with Gasteiger partial charge in [-0.1, -0.05) is 17.7 Å². The van der Waals surface area contributed by atoms with Crippen LogP contribution in [-0.4, -0.2) is 26.5 Å². The minimum Gasteiger partial charge on any atom is -0.337 e. The van der Waals surface area contributed by atoms with E-state index < -0.39 is 0 Å². The minimum atomic E-state index is -0.0211. The summed E-state index contributed by atoms with van der Waals surface area (Å²) in [6.45, 7) is 2.69. The second kappa shape index (κ2) is 7.42. The van der Waals surface area contributed by atoms with Crippen LogP contribution in [0.3, 0.4) is 0 Å². The Hall–Kier alpha value is -2.44. The molecule has 0 saturated carbocycles. The average molecular weight is 345 g/mol. The lowest BCUT2D eigenvalue weighted by Gasteiger charge is -2.10. The summed E-state index contributed by atoms with van der Waals surface area (Å²) in [5, 5.41) is 13.9. The molecular formula is C17H19ClN5O+. The summed E-state index contributed by atoms with van der Waals surface area (Å²) in [5.74, 6) is 0.850. The number of nitrogens with two attached hydrogens (primary N) is 1. The molecule has 0 fully saturated rings. The molecule has 0 radical (unpaired) electrons. The molecule has 3 N–H and O–H groups in total. The van der Waals surface area contributed by atoms with Crippen LogP contribution in [0.4, 0.5) is 5.69 Å². The van der Waals surface area contributed by atoms with E-state index in [9.17, 15) is 4.79 Å². The quantitative estimate of drug-likeness (QED) is 0.716. The Labute approximate surface area is 144 Å². The molecule has 0 unspecified atom stereocenters. The number of halogens is 1. The molecule has 124 valence electrons. The highest BCUT2D eigenvalue weighted by molar-refractivity contribution is 6.30. The van der Waals surface area contributed by atoms with Crippen LogP contribution in [0.1, 0.15) is 19.2 Å². The Morgan fingerprint density at radius 2 is 2.04 bits per heavy atom. The largest absolute Gasteiger partial charge is 0.337 e. The number of carbonyl (C=O) groups excluding carboxylic acids is 1. The van der Waals surface area contributed by atoms with Gasteiger partial charge in [0.25, 0.3) is 0 Å². The number of anilines is 1. The molecule has 0 aliphatic carbocycles. The third-order valence-corrected chi connectivity index (χ3v) is 3.97. The minimum absolute atomic E-state index is 0.0211. The van der Waals surface area contributed by atoms with Crippen LogP contribution in [0.15, 0.2) is 48.7 Å². The fraction of sp³-hybridized carbons (Fsp3) is 0.235. The van der Waals surface area contributed by atoms with Crippen molar-refractivity contribution in [1.29, 1.82) is 0 Å². The fourth-order valence-corrected chi connectivity index (χ4v) is 2.58. The fourth-order valence-electron chi connectivity index (χ4n) is 2.46. The highest BCUT2D eigenvalue weighted by atomic mass is 35.5. The second-order valence-corrected chi connectivity index (χ2v) is 6.16. The molecule has 3 aromatic rings. The van der Waals surface area contributed by atoms with Crippen LogP contribution in [0, 0.1) is 0 Å². The zero-order valence-corrected chi connectivity index (χ0v) is 14.1. The summed E-state index contributed by atoms with van der Waals surface area (Å²) in [7, 11) is 0. The molecule has 2 heterocycles. The summed E-state index contributed by atoms with van der Waals surface area (Å²) in [4.78, 5) is 12.1. The maximum absolute atomic E-state index is 12.1. The standard InChI is InChI=1S/C17H18ClN5O/c1-12(10-17(24)20-14-7-5-13(18)6-8-14)19-11-16-22-21-15-4-2-3-9-23(15)16/h2-9,12,19H,10-11H2,1H3,(H,20,24)/p+1/t12-/m0/s1. The molecular weight excluding hydrogens is 326 g/mol. The average Bonchev–Trinajstić information content (AvgIpc) is 2.98. The number of quaternary nitrogens is 1. The number of nitrogens with one attached hydrogen (secondary N) is 1. The summed E-state index contributed by atoms with van der Waals surface area (Å²) >= 11 is 5.83. The van der Waals surface area contributed by atoms with E-state index in [1.165, 1.54) is 0 Å². The van der Waals surface area contributed by atoms with Gasteiger partial charge in [0.05, 0.1) is 12.5 Å². The van der Waals surface area contributed by atoms with Crippen molar-refractivity contribution in [3.8, 4) is 0 Å². The number of rotatable bonds is 6. The third kappa shape index (κ3) is 4.10. The van der Waals surface area contributed by atoms with Gasteiger partial charge in [-0.2, -0.15) is 0 Å². The van der Waals surface area contributed by atoms with Crippen molar-refractivity contribution in [3.63, 3.8) is 0 Å². The Kier molecular flexibility index (Phi) is 5.08. The summed E-state index contributed by atoms with van der Waals surface area (Å²) < 4.78 is 1.96. The normalized spacial score (nSPS) is 12.2. The molecule has 2 aromatic heterocycles. The van der Waals surface area contributed by atoms with E-state index >= 15 is 0 Å². The van der Waals surface area contributed by atoms with E-state index in [0.29, 0.717) is 18.0 Å². The maximum Gasteiger partial charge on any atom is 0.230 e.